The van der Waals surface area contributed by atoms with Crippen molar-refractivity contribution in [1.82, 2.24) is 10.2 Å². The molecule has 0 radical (unpaired) electrons. The van der Waals surface area contributed by atoms with Gasteiger partial charge in [-0.15, -0.1) is 10.2 Å². The van der Waals surface area contributed by atoms with E-state index in [1.165, 1.54) is 0 Å². The molecule has 0 aliphatic heterocycles. The number of hydrogen-bond acceptors (Lipinski definition) is 4. The van der Waals surface area contributed by atoms with Crippen LogP contribution in [-0.2, 0) is 11.2 Å². The zero-order valence-corrected chi connectivity index (χ0v) is 7.12. The molecule has 0 saturated heterocycles. The van der Waals surface area contributed by atoms with Crippen LogP contribution in [0.15, 0.2) is 4.42 Å². The molecule has 0 aromatic carbocycles. The Bertz CT molecular complexity index is 245. The second-order valence-corrected chi connectivity index (χ2v) is 2.63. The van der Waals surface area contributed by atoms with Gasteiger partial charge in [0.1, 0.15) is 6.29 Å². The van der Waals surface area contributed by atoms with Gasteiger partial charge in [0.15, 0.2) is 0 Å². The molecule has 0 N–H and O–H groups in total. The van der Waals surface area contributed by atoms with Gasteiger partial charge in [-0.25, -0.2) is 0 Å². The number of carbonyl (C=O) groups excluding carboxylic acids is 1. The number of rotatable bonds is 5. The molecular weight excluding hydrogens is 156 g/mol. The maximum atomic E-state index is 9.97. The Labute approximate surface area is 71.0 Å². The van der Waals surface area contributed by atoms with Gasteiger partial charge < -0.3 is 9.21 Å². The van der Waals surface area contributed by atoms with E-state index in [1.807, 2.05) is 0 Å². The summed E-state index contributed by atoms with van der Waals surface area (Å²) in [5.74, 6) is 1.26. The van der Waals surface area contributed by atoms with Crippen molar-refractivity contribution in [3.8, 4) is 0 Å². The van der Waals surface area contributed by atoms with Crippen LogP contribution in [0.25, 0.3) is 0 Å². The van der Waals surface area contributed by atoms with Gasteiger partial charge in [-0.3, -0.25) is 0 Å². The highest BCUT2D eigenvalue weighted by Gasteiger charge is 2.00. The third-order valence-electron chi connectivity index (χ3n) is 1.53. The van der Waals surface area contributed by atoms with Gasteiger partial charge >= 0.3 is 0 Å². The molecule has 1 aromatic rings. The van der Waals surface area contributed by atoms with E-state index in [0.29, 0.717) is 18.2 Å². The Hall–Kier alpha value is -1.19. The molecule has 4 nitrogen and oxygen atoms in total. The summed E-state index contributed by atoms with van der Waals surface area (Å²) in [4.78, 5) is 9.97. The van der Waals surface area contributed by atoms with Crippen molar-refractivity contribution in [3.63, 3.8) is 0 Å². The van der Waals surface area contributed by atoms with Crippen molar-refractivity contribution >= 4 is 6.29 Å². The van der Waals surface area contributed by atoms with Crippen LogP contribution >= 0.6 is 0 Å². The van der Waals surface area contributed by atoms with Crippen LogP contribution in [0.1, 0.15) is 31.0 Å². The lowest BCUT2D eigenvalue weighted by molar-refractivity contribution is -0.107. The zero-order valence-electron chi connectivity index (χ0n) is 7.12. The van der Waals surface area contributed by atoms with Gasteiger partial charge in [-0.05, 0) is 12.8 Å². The largest absolute Gasteiger partial charge is 0.426 e. The van der Waals surface area contributed by atoms with Crippen LogP contribution in [0.3, 0.4) is 0 Å². The van der Waals surface area contributed by atoms with E-state index < -0.39 is 0 Å². The molecule has 1 heterocycles. The van der Waals surface area contributed by atoms with Crippen LogP contribution in [0.5, 0.6) is 0 Å². The lowest BCUT2D eigenvalue weighted by Crippen LogP contribution is -1.86. The van der Waals surface area contributed by atoms with Crippen LogP contribution in [0, 0.1) is 6.92 Å². The van der Waals surface area contributed by atoms with Crippen molar-refractivity contribution in [2.24, 2.45) is 0 Å². The quantitative estimate of drug-likeness (QED) is 0.491. The third kappa shape index (κ3) is 2.82. The van der Waals surface area contributed by atoms with E-state index in [1.54, 1.807) is 6.92 Å². The first-order valence-electron chi connectivity index (χ1n) is 4.05. The maximum absolute atomic E-state index is 9.97. The predicted molar refractivity (Wildman–Crippen MR) is 42.7 cm³/mol. The van der Waals surface area contributed by atoms with E-state index in [4.69, 9.17) is 4.42 Å². The van der Waals surface area contributed by atoms with Crippen molar-refractivity contribution < 1.29 is 9.21 Å². The van der Waals surface area contributed by atoms with Crippen molar-refractivity contribution in [1.29, 1.82) is 0 Å². The summed E-state index contributed by atoms with van der Waals surface area (Å²) in [6.45, 7) is 1.77. The second-order valence-electron chi connectivity index (χ2n) is 2.63. The summed E-state index contributed by atoms with van der Waals surface area (Å²) in [7, 11) is 0. The lowest BCUT2D eigenvalue weighted by atomic mass is 10.2. The van der Waals surface area contributed by atoms with Crippen LogP contribution < -0.4 is 0 Å². The fraction of sp³-hybridized carbons (Fsp3) is 0.625. The van der Waals surface area contributed by atoms with E-state index in [9.17, 15) is 4.79 Å². The minimum absolute atomic E-state index is 0.598. The Kier molecular flexibility index (Phi) is 3.44. The topological polar surface area (TPSA) is 56.0 Å². The van der Waals surface area contributed by atoms with Crippen molar-refractivity contribution in [2.75, 3.05) is 0 Å². The summed E-state index contributed by atoms with van der Waals surface area (Å²) < 4.78 is 5.15. The maximum Gasteiger partial charge on any atom is 0.216 e. The van der Waals surface area contributed by atoms with Gasteiger partial charge in [0.05, 0.1) is 0 Å². The summed E-state index contributed by atoms with van der Waals surface area (Å²) in [6, 6.07) is 0. The molecule has 0 aliphatic carbocycles. The molecule has 66 valence electrons. The summed E-state index contributed by atoms with van der Waals surface area (Å²) in [6.07, 6.45) is 4.15. The Balaban J connectivity index is 2.19. The summed E-state index contributed by atoms with van der Waals surface area (Å²) >= 11 is 0. The van der Waals surface area contributed by atoms with Gasteiger partial charge in [-0.2, -0.15) is 0 Å². The first kappa shape index (κ1) is 8.90. The average Bonchev–Trinajstić information content (AvgIpc) is 2.45. The Morgan fingerprint density at radius 1 is 1.42 bits per heavy atom. The highest BCUT2D eigenvalue weighted by atomic mass is 16.4. The molecule has 12 heavy (non-hydrogen) atoms. The predicted octanol–water partition coefficient (Wildman–Crippen LogP) is 1.29. The SMILES string of the molecule is Cc1nnc(CCCCC=O)o1. The van der Waals surface area contributed by atoms with E-state index in [0.717, 1.165) is 25.5 Å². The molecule has 0 unspecified atom stereocenters. The molecule has 0 fully saturated rings. The molecule has 0 bridgehead atoms. The normalized spacial score (nSPS) is 10.1. The van der Waals surface area contributed by atoms with E-state index in [-0.39, 0.29) is 0 Å². The summed E-state index contributed by atoms with van der Waals surface area (Å²) in [5.41, 5.74) is 0. The molecule has 1 aromatic heterocycles. The van der Waals surface area contributed by atoms with E-state index in [2.05, 4.69) is 10.2 Å². The number of hydrogen-bond donors (Lipinski definition) is 0. The number of aldehydes is 1. The minimum atomic E-state index is 0.598. The molecule has 0 saturated carbocycles. The van der Waals surface area contributed by atoms with Gasteiger partial charge in [-0.1, -0.05) is 0 Å². The number of nitrogens with zero attached hydrogens (tertiary/aromatic N) is 2. The first-order chi connectivity index (χ1) is 5.83. The zero-order chi connectivity index (χ0) is 8.81. The average molecular weight is 168 g/mol. The van der Waals surface area contributed by atoms with Gasteiger partial charge in [0.2, 0.25) is 11.8 Å². The van der Waals surface area contributed by atoms with Crippen LogP contribution in [0.4, 0.5) is 0 Å². The summed E-state index contributed by atoms with van der Waals surface area (Å²) in [5, 5.41) is 7.54. The number of unbranched alkanes of at least 4 members (excludes halogenated alkanes) is 2. The Morgan fingerprint density at radius 3 is 2.83 bits per heavy atom. The highest BCUT2D eigenvalue weighted by molar-refractivity contribution is 5.48. The van der Waals surface area contributed by atoms with Crippen LogP contribution in [0.2, 0.25) is 0 Å². The van der Waals surface area contributed by atoms with Crippen molar-refractivity contribution in [3.05, 3.63) is 11.8 Å². The molecule has 4 heteroatoms. The molecule has 0 aliphatic rings. The lowest BCUT2D eigenvalue weighted by Gasteiger charge is -1.91. The fourth-order valence-electron chi connectivity index (χ4n) is 0.942. The number of aryl methyl sites for hydroxylation is 2. The Morgan fingerprint density at radius 2 is 2.25 bits per heavy atom. The van der Waals surface area contributed by atoms with Gasteiger partial charge in [0.25, 0.3) is 0 Å². The standard InChI is InChI=1S/C8H12N2O2/c1-7-9-10-8(12-7)5-3-2-4-6-11/h6H,2-5H2,1H3. The molecule has 0 spiro atoms. The monoisotopic (exact) mass is 168 g/mol. The molecule has 1 rings (SSSR count). The fourth-order valence-corrected chi connectivity index (χ4v) is 0.942. The highest BCUT2D eigenvalue weighted by Crippen LogP contribution is 2.04. The second kappa shape index (κ2) is 4.64. The number of aromatic nitrogens is 2. The minimum Gasteiger partial charge on any atom is -0.426 e. The number of carbonyl (C=O) groups is 1. The molecular formula is C8H12N2O2. The molecule has 0 atom stereocenters. The molecule has 0 amide bonds. The van der Waals surface area contributed by atoms with Crippen LogP contribution in [-0.4, -0.2) is 16.5 Å². The smallest absolute Gasteiger partial charge is 0.216 e. The van der Waals surface area contributed by atoms with Gasteiger partial charge in [0, 0.05) is 19.8 Å². The first-order valence-corrected chi connectivity index (χ1v) is 4.05. The third-order valence-corrected chi connectivity index (χ3v) is 1.53. The van der Waals surface area contributed by atoms with E-state index >= 15 is 0 Å². The van der Waals surface area contributed by atoms with Crippen molar-refractivity contribution in [2.45, 2.75) is 32.6 Å².